The number of thiophene rings is 1. The number of primary amides is 1. The molecule has 1 rings (SSSR count). The first kappa shape index (κ1) is 14.9. The van der Waals surface area contributed by atoms with Crippen molar-refractivity contribution in [3.63, 3.8) is 0 Å². The van der Waals surface area contributed by atoms with Crippen LogP contribution in [0.25, 0.3) is 0 Å². The molecule has 0 saturated heterocycles. The lowest BCUT2D eigenvalue weighted by atomic mass is 10.2. The predicted octanol–water partition coefficient (Wildman–Crippen LogP) is 1.69. The number of aryl methyl sites for hydroxylation is 1. The number of nitrogens with zero attached hydrogens (tertiary/aromatic N) is 1. The van der Waals surface area contributed by atoms with Crippen molar-refractivity contribution in [1.29, 1.82) is 0 Å². The Bertz CT molecular complexity index is 426. The largest absolute Gasteiger partial charge is 0.369 e. The van der Waals surface area contributed by atoms with E-state index in [1.54, 1.807) is 4.90 Å². The monoisotopic (exact) mass is 268 g/mol. The molecule has 0 aliphatic carbocycles. The highest BCUT2D eigenvalue weighted by Crippen LogP contribution is 2.18. The van der Waals surface area contributed by atoms with Crippen LogP contribution in [0.1, 0.15) is 35.3 Å². The minimum absolute atomic E-state index is 0.0506. The van der Waals surface area contributed by atoms with Crippen molar-refractivity contribution in [3.8, 4) is 0 Å². The molecule has 5 heteroatoms. The molecule has 1 aromatic rings. The molecule has 100 valence electrons. The van der Waals surface area contributed by atoms with Crippen LogP contribution in [0, 0.1) is 0 Å². The number of nitrogens with two attached hydrogens (primary N) is 1. The highest BCUT2D eigenvalue weighted by Gasteiger charge is 2.18. The van der Waals surface area contributed by atoms with Gasteiger partial charge in [-0.1, -0.05) is 6.92 Å². The predicted molar refractivity (Wildman–Crippen MR) is 73.9 cm³/mol. The van der Waals surface area contributed by atoms with Crippen LogP contribution in [0.15, 0.2) is 12.1 Å². The molecule has 4 nitrogen and oxygen atoms in total. The molecule has 1 aromatic heterocycles. The number of carbonyl (C=O) groups is 2. The van der Waals surface area contributed by atoms with E-state index in [4.69, 9.17) is 5.73 Å². The van der Waals surface area contributed by atoms with Crippen molar-refractivity contribution in [3.05, 3.63) is 21.9 Å². The van der Waals surface area contributed by atoms with Crippen molar-refractivity contribution in [2.24, 2.45) is 5.73 Å². The topological polar surface area (TPSA) is 63.4 Å². The van der Waals surface area contributed by atoms with Gasteiger partial charge in [0.05, 0.1) is 18.0 Å². The summed E-state index contributed by atoms with van der Waals surface area (Å²) in [6, 6.07) is 3.95. The Kier molecular flexibility index (Phi) is 5.50. The van der Waals surface area contributed by atoms with Crippen molar-refractivity contribution in [2.75, 3.05) is 13.1 Å². The van der Waals surface area contributed by atoms with Crippen LogP contribution in [0.3, 0.4) is 0 Å². The van der Waals surface area contributed by atoms with Crippen LogP contribution in [-0.2, 0) is 11.2 Å². The Morgan fingerprint density at radius 2 is 2.00 bits per heavy atom. The van der Waals surface area contributed by atoms with Crippen molar-refractivity contribution < 1.29 is 9.59 Å². The van der Waals surface area contributed by atoms with Crippen molar-refractivity contribution in [1.82, 2.24) is 4.90 Å². The smallest absolute Gasteiger partial charge is 0.231 e. The number of Topliss-reactive ketones (excluding diaryl/α,β-unsaturated/α-hetero) is 1. The molecule has 1 heterocycles. The number of rotatable bonds is 7. The second-order valence-electron chi connectivity index (χ2n) is 4.51. The number of hydrogen-bond donors (Lipinski definition) is 1. The molecule has 18 heavy (non-hydrogen) atoms. The lowest BCUT2D eigenvalue weighted by Gasteiger charge is -2.23. The second-order valence-corrected chi connectivity index (χ2v) is 5.68. The maximum atomic E-state index is 12.1. The zero-order chi connectivity index (χ0) is 13.7. The lowest BCUT2D eigenvalue weighted by Crippen LogP contribution is -2.41. The van der Waals surface area contributed by atoms with Gasteiger partial charge in [0.1, 0.15) is 0 Å². The van der Waals surface area contributed by atoms with Gasteiger partial charge in [-0.2, -0.15) is 0 Å². The van der Waals surface area contributed by atoms with Crippen LogP contribution >= 0.6 is 11.3 Å². The molecule has 0 unspecified atom stereocenters. The highest BCUT2D eigenvalue weighted by atomic mass is 32.1. The van der Waals surface area contributed by atoms with Gasteiger partial charge in [-0.05, 0) is 32.4 Å². The Morgan fingerprint density at radius 3 is 2.44 bits per heavy atom. The summed E-state index contributed by atoms with van der Waals surface area (Å²) in [4.78, 5) is 26.8. The lowest BCUT2D eigenvalue weighted by molar-refractivity contribution is -0.119. The summed E-state index contributed by atoms with van der Waals surface area (Å²) >= 11 is 1.52. The van der Waals surface area contributed by atoms with Gasteiger partial charge in [-0.15, -0.1) is 11.3 Å². The Hall–Kier alpha value is -1.20. The summed E-state index contributed by atoms with van der Waals surface area (Å²) in [5.41, 5.74) is 5.18. The van der Waals surface area contributed by atoms with Crippen molar-refractivity contribution >= 4 is 23.0 Å². The third-order valence-electron chi connectivity index (χ3n) is 2.72. The molecule has 0 aliphatic heterocycles. The average Bonchev–Trinajstić information content (AvgIpc) is 2.75. The van der Waals surface area contributed by atoms with E-state index in [0.29, 0.717) is 0 Å². The second kappa shape index (κ2) is 6.66. The fourth-order valence-corrected chi connectivity index (χ4v) is 2.48. The van der Waals surface area contributed by atoms with Gasteiger partial charge in [0.25, 0.3) is 0 Å². The van der Waals surface area contributed by atoms with Gasteiger partial charge in [-0.25, -0.2) is 0 Å². The fraction of sp³-hybridized carbons (Fsp3) is 0.538. The summed E-state index contributed by atoms with van der Waals surface area (Å²) in [5, 5.41) is 0. The molecule has 0 atom stereocenters. The summed E-state index contributed by atoms with van der Waals surface area (Å²) in [6.45, 7) is 6.32. The fourth-order valence-electron chi connectivity index (χ4n) is 1.60. The SMILES string of the molecule is CCc1ccc(C(=O)CN(CC(N)=O)C(C)C)s1. The summed E-state index contributed by atoms with van der Waals surface area (Å²) < 4.78 is 0. The van der Waals surface area contributed by atoms with E-state index in [0.717, 1.165) is 11.3 Å². The van der Waals surface area contributed by atoms with Gasteiger partial charge in [0.2, 0.25) is 5.91 Å². The van der Waals surface area contributed by atoms with E-state index in [1.807, 2.05) is 26.0 Å². The molecule has 2 N–H and O–H groups in total. The van der Waals surface area contributed by atoms with Gasteiger partial charge < -0.3 is 5.73 Å². The normalized spacial score (nSPS) is 11.2. The van der Waals surface area contributed by atoms with E-state index >= 15 is 0 Å². The van der Waals surface area contributed by atoms with E-state index in [2.05, 4.69) is 6.92 Å². The number of hydrogen-bond acceptors (Lipinski definition) is 4. The molecule has 0 bridgehead atoms. The molecule has 0 spiro atoms. The van der Waals surface area contributed by atoms with Crippen LogP contribution in [0.4, 0.5) is 0 Å². The molecule has 0 aliphatic rings. The number of amides is 1. The van der Waals surface area contributed by atoms with Crippen molar-refractivity contribution in [2.45, 2.75) is 33.2 Å². The van der Waals surface area contributed by atoms with E-state index in [9.17, 15) is 9.59 Å². The third kappa shape index (κ3) is 4.23. The highest BCUT2D eigenvalue weighted by molar-refractivity contribution is 7.14. The van der Waals surface area contributed by atoms with Gasteiger partial charge in [0, 0.05) is 10.9 Å². The number of ketones is 1. The molecular weight excluding hydrogens is 248 g/mol. The quantitative estimate of drug-likeness (QED) is 0.765. The van der Waals surface area contributed by atoms with Crippen LogP contribution in [0.2, 0.25) is 0 Å². The molecule has 0 radical (unpaired) electrons. The van der Waals surface area contributed by atoms with Crippen LogP contribution in [0.5, 0.6) is 0 Å². The third-order valence-corrected chi connectivity index (χ3v) is 3.99. The standard InChI is InChI=1S/C13H20N2O2S/c1-4-10-5-6-12(18-10)11(16)7-15(9(2)3)8-13(14)17/h5-6,9H,4,7-8H2,1-3H3,(H2,14,17). The molecule has 0 saturated carbocycles. The van der Waals surface area contributed by atoms with E-state index in [1.165, 1.54) is 16.2 Å². The molecule has 0 aromatic carbocycles. The van der Waals surface area contributed by atoms with Crippen LogP contribution in [-0.4, -0.2) is 35.7 Å². The molecule has 1 amide bonds. The summed E-state index contributed by atoms with van der Waals surface area (Å²) in [5.74, 6) is -0.355. The zero-order valence-electron chi connectivity index (χ0n) is 11.1. The minimum atomic E-state index is -0.406. The average molecular weight is 268 g/mol. The zero-order valence-corrected chi connectivity index (χ0v) is 11.9. The maximum Gasteiger partial charge on any atom is 0.231 e. The van der Waals surface area contributed by atoms with E-state index in [-0.39, 0.29) is 24.9 Å². The van der Waals surface area contributed by atoms with Crippen LogP contribution < -0.4 is 5.73 Å². The number of carbonyl (C=O) groups excluding carboxylic acids is 2. The Morgan fingerprint density at radius 1 is 1.33 bits per heavy atom. The Labute approximate surface area is 112 Å². The Balaban J connectivity index is 2.68. The van der Waals surface area contributed by atoms with E-state index < -0.39 is 5.91 Å². The molecular formula is C13H20N2O2S. The first-order valence-electron chi connectivity index (χ1n) is 6.08. The first-order valence-corrected chi connectivity index (χ1v) is 6.90. The summed E-state index contributed by atoms with van der Waals surface area (Å²) in [6.07, 6.45) is 0.938. The maximum absolute atomic E-state index is 12.1. The first-order chi connectivity index (χ1) is 8.43. The van der Waals surface area contributed by atoms with Gasteiger partial charge in [-0.3, -0.25) is 14.5 Å². The van der Waals surface area contributed by atoms with Gasteiger partial charge in [0.15, 0.2) is 5.78 Å². The molecule has 0 fully saturated rings. The van der Waals surface area contributed by atoms with Gasteiger partial charge >= 0.3 is 0 Å². The summed E-state index contributed by atoms with van der Waals surface area (Å²) in [7, 11) is 0. The minimum Gasteiger partial charge on any atom is -0.369 e.